The molecule has 0 heterocycles. The normalized spacial score (nSPS) is 9.88. The van der Waals surface area contributed by atoms with Crippen LogP contribution in [0, 0.1) is 0 Å². The van der Waals surface area contributed by atoms with E-state index >= 15 is 0 Å². The summed E-state index contributed by atoms with van der Waals surface area (Å²) in [6.45, 7) is 4.13. The highest BCUT2D eigenvalue weighted by molar-refractivity contribution is 6.41. The van der Waals surface area contributed by atoms with Crippen LogP contribution >= 0.6 is 0 Å². The van der Waals surface area contributed by atoms with Gasteiger partial charge in [0.2, 0.25) is 0 Å². The first kappa shape index (κ1) is 12.4. The van der Waals surface area contributed by atoms with Crippen LogP contribution in [0.15, 0.2) is 24.3 Å². The maximum atomic E-state index is 11.8. The fourth-order valence-corrected chi connectivity index (χ4v) is 1.42. The van der Waals surface area contributed by atoms with Gasteiger partial charge in [-0.1, -0.05) is 38.1 Å². The van der Waals surface area contributed by atoms with Crippen LogP contribution in [-0.2, 0) is 16.0 Å². The SMILES string of the molecule is CCCOC(=O)C(=O)c1ccccc1CC. The zero-order valence-electron chi connectivity index (χ0n) is 9.66. The van der Waals surface area contributed by atoms with Crippen LogP contribution in [0.4, 0.5) is 0 Å². The van der Waals surface area contributed by atoms with Gasteiger partial charge in [0, 0.05) is 5.56 Å². The van der Waals surface area contributed by atoms with Crippen molar-refractivity contribution >= 4 is 11.8 Å². The molecule has 0 saturated carbocycles. The fraction of sp³-hybridized carbons (Fsp3) is 0.385. The van der Waals surface area contributed by atoms with Gasteiger partial charge in [0.25, 0.3) is 5.78 Å². The van der Waals surface area contributed by atoms with E-state index in [0.717, 1.165) is 12.0 Å². The summed E-state index contributed by atoms with van der Waals surface area (Å²) in [7, 11) is 0. The molecule has 3 nitrogen and oxygen atoms in total. The second-order valence-corrected chi connectivity index (χ2v) is 3.48. The van der Waals surface area contributed by atoms with Crippen molar-refractivity contribution in [3.63, 3.8) is 0 Å². The molecule has 3 heteroatoms. The molecule has 0 saturated heterocycles. The van der Waals surface area contributed by atoms with Crippen molar-refractivity contribution in [3.05, 3.63) is 35.4 Å². The predicted molar refractivity (Wildman–Crippen MR) is 61.4 cm³/mol. The molecule has 0 aliphatic rings. The Balaban J connectivity index is 2.83. The topological polar surface area (TPSA) is 43.4 Å². The van der Waals surface area contributed by atoms with Crippen molar-refractivity contribution in [2.45, 2.75) is 26.7 Å². The molecule has 0 unspecified atom stereocenters. The molecule has 86 valence electrons. The van der Waals surface area contributed by atoms with E-state index in [1.165, 1.54) is 0 Å². The predicted octanol–water partition coefficient (Wildman–Crippen LogP) is 2.38. The van der Waals surface area contributed by atoms with Crippen molar-refractivity contribution in [1.29, 1.82) is 0 Å². The quantitative estimate of drug-likeness (QED) is 0.434. The molecule has 0 N–H and O–H groups in total. The molecular weight excluding hydrogens is 204 g/mol. The van der Waals surface area contributed by atoms with E-state index < -0.39 is 11.8 Å². The first-order chi connectivity index (χ1) is 7.70. The molecule has 0 bridgehead atoms. The molecule has 0 radical (unpaired) electrons. The third-order valence-corrected chi connectivity index (χ3v) is 2.27. The Bertz CT molecular complexity index is 383. The van der Waals surface area contributed by atoms with Crippen LogP contribution in [-0.4, -0.2) is 18.4 Å². The Morgan fingerprint density at radius 3 is 2.50 bits per heavy atom. The van der Waals surface area contributed by atoms with E-state index in [9.17, 15) is 9.59 Å². The Morgan fingerprint density at radius 2 is 1.88 bits per heavy atom. The van der Waals surface area contributed by atoms with E-state index in [1.54, 1.807) is 12.1 Å². The third kappa shape index (κ3) is 2.92. The van der Waals surface area contributed by atoms with E-state index in [1.807, 2.05) is 26.0 Å². The third-order valence-electron chi connectivity index (χ3n) is 2.27. The molecule has 0 spiro atoms. The molecule has 0 aliphatic carbocycles. The largest absolute Gasteiger partial charge is 0.460 e. The highest BCUT2D eigenvalue weighted by Gasteiger charge is 2.19. The maximum Gasteiger partial charge on any atom is 0.379 e. The lowest BCUT2D eigenvalue weighted by Gasteiger charge is -2.06. The summed E-state index contributed by atoms with van der Waals surface area (Å²) in [5.41, 5.74) is 1.33. The van der Waals surface area contributed by atoms with Crippen LogP contribution < -0.4 is 0 Å². The van der Waals surface area contributed by atoms with Crippen LogP contribution in [0.5, 0.6) is 0 Å². The lowest BCUT2D eigenvalue weighted by molar-refractivity contribution is -0.138. The number of hydrogen-bond donors (Lipinski definition) is 0. The van der Waals surface area contributed by atoms with Crippen LogP contribution in [0.1, 0.15) is 36.2 Å². The zero-order chi connectivity index (χ0) is 12.0. The highest BCUT2D eigenvalue weighted by atomic mass is 16.5. The van der Waals surface area contributed by atoms with Gasteiger partial charge in [-0.2, -0.15) is 0 Å². The van der Waals surface area contributed by atoms with E-state index in [4.69, 9.17) is 4.74 Å². The van der Waals surface area contributed by atoms with E-state index in [0.29, 0.717) is 18.6 Å². The number of Topliss-reactive ketones (excluding diaryl/α,β-unsaturated/α-hetero) is 1. The second kappa shape index (κ2) is 6.05. The van der Waals surface area contributed by atoms with Gasteiger partial charge in [-0.15, -0.1) is 0 Å². The van der Waals surface area contributed by atoms with Crippen molar-refractivity contribution in [2.75, 3.05) is 6.61 Å². The lowest BCUT2D eigenvalue weighted by atomic mass is 10.0. The molecule has 0 amide bonds. The van der Waals surface area contributed by atoms with E-state index in [2.05, 4.69) is 0 Å². The Labute approximate surface area is 95.4 Å². The van der Waals surface area contributed by atoms with Gasteiger partial charge >= 0.3 is 5.97 Å². The summed E-state index contributed by atoms with van der Waals surface area (Å²) in [5.74, 6) is -1.31. The summed E-state index contributed by atoms with van der Waals surface area (Å²) in [4.78, 5) is 23.2. The number of rotatable bonds is 5. The minimum atomic E-state index is -0.761. The van der Waals surface area contributed by atoms with Crippen molar-refractivity contribution in [3.8, 4) is 0 Å². The van der Waals surface area contributed by atoms with Crippen LogP contribution in [0.25, 0.3) is 0 Å². The summed E-state index contributed by atoms with van der Waals surface area (Å²) in [6, 6.07) is 7.11. The number of carbonyl (C=O) groups is 2. The molecule has 0 aromatic heterocycles. The van der Waals surface area contributed by atoms with Gasteiger partial charge < -0.3 is 4.74 Å². The number of esters is 1. The van der Waals surface area contributed by atoms with Crippen LogP contribution in [0.2, 0.25) is 0 Å². The summed E-state index contributed by atoms with van der Waals surface area (Å²) in [5, 5.41) is 0. The first-order valence-electron chi connectivity index (χ1n) is 5.50. The monoisotopic (exact) mass is 220 g/mol. The van der Waals surface area contributed by atoms with Crippen molar-refractivity contribution in [2.24, 2.45) is 0 Å². The van der Waals surface area contributed by atoms with Crippen molar-refractivity contribution < 1.29 is 14.3 Å². The van der Waals surface area contributed by atoms with Crippen molar-refractivity contribution in [1.82, 2.24) is 0 Å². The van der Waals surface area contributed by atoms with E-state index in [-0.39, 0.29) is 0 Å². The second-order valence-electron chi connectivity index (χ2n) is 3.48. The average Bonchev–Trinajstić information content (AvgIpc) is 2.34. The molecule has 16 heavy (non-hydrogen) atoms. The number of hydrogen-bond acceptors (Lipinski definition) is 3. The molecule has 1 rings (SSSR count). The Hall–Kier alpha value is -1.64. The standard InChI is InChI=1S/C13H16O3/c1-3-9-16-13(15)12(14)11-8-6-5-7-10(11)4-2/h5-8H,3-4,9H2,1-2H3. The molecular formula is C13H16O3. The number of ketones is 1. The van der Waals surface area contributed by atoms with Gasteiger partial charge in [0.1, 0.15) is 0 Å². The number of aryl methyl sites for hydroxylation is 1. The molecule has 0 fully saturated rings. The molecule has 0 aliphatic heterocycles. The maximum absolute atomic E-state index is 11.8. The minimum Gasteiger partial charge on any atom is -0.460 e. The molecule has 0 atom stereocenters. The fourth-order valence-electron chi connectivity index (χ4n) is 1.42. The van der Waals surface area contributed by atoms with Gasteiger partial charge in [-0.05, 0) is 18.4 Å². The zero-order valence-corrected chi connectivity index (χ0v) is 9.66. The highest BCUT2D eigenvalue weighted by Crippen LogP contribution is 2.11. The minimum absolute atomic E-state index is 0.291. The number of carbonyl (C=O) groups excluding carboxylic acids is 2. The Kier molecular flexibility index (Phi) is 4.70. The number of ether oxygens (including phenoxy) is 1. The lowest BCUT2D eigenvalue weighted by Crippen LogP contribution is -2.19. The van der Waals surface area contributed by atoms with Gasteiger partial charge in [-0.3, -0.25) is 4.79 Å². The molecule has 1 aromatic carbocycles. The Morgan fingerprint density at radius 1 is 1.19 bits per heavy atom. The number of benzene rings is 1. The van der Waals surface area contributed by atoms with Gasteiger partial charge in [0.05, 0.1) is 6.61 Å². The van der Waals surface area contributed by atoms with Gasteiger partial charge in [-0.25, -0.2) is 4.79 Å². The molecule has 1 aromatic rings. The summed E-state index contributed by atoms with van der Waals surface area (Å²) in [6.07, 6.45) is 1.44. The summed E-state index contributed by atoms with van der Waals surface area (Å²) >= 11 is 0. The average molecular weight is 220 g/mol. The smallest absolute Gasteiger partial charge is 0.379 e. The van der Waals surface area contributed by atoms with Crippen LogP contribution in [0.3, 0.4) is 0 Å². The summed E-state index contributed by atoms with van der Waals surface area (Å²) < 4.78 is 4.82. The van der Waals surface area contributed by atoms with Gasteiger partial charge in [0.15, 0.2) is 0 Å². The first-order valence-corrected chi connectivity index (χ1v) is 5.50.